The van der Waals surface area contributed by atoms with Crippen LogP contribution in [0, 0.1) is 11.3 Å². The van der Waals surface area contributed by atoms with E-state index in [1.165, 1.54) is 11.3 Å². The normalized spacial score (nSPS) is 11.1. The van der Waals surface area contributed by atoms with Crippen LogP contribution in [0.5, 0.6) is 11.5 Å². The molecule has 130 valence electrons. The minimum atomic E-state index is 0.505. The van der Waals surface area contributed by atoms with Gasteiger partial charge in [-0.15, -0.1) is 11.3 Å². The first-order valence-corrected chi connectivity index (χ1v) is 9.37. The highest BCUT2D eigenvalue weighted by molar-refractivity contribution is 9.10. The van der Waals surface area contributed by atoms with Gasteiger partial charge in [-0.3, -0.25) is 0 Å². The van der Waals surface area contributed by atoms with Crippen molar-refractivity contribution in [1.82, 2.24) is 4.98 Å². The first kappa shape index (κ1) is 18.2. The second-order valence-electron chi connectivity index (χ2n) is 5.33. The number of hydrogen-bond acceptors (Lipinski definition) is 5. The maximum absolute atomic E-state index is 9.57. The van der Waals surface area contributed by atoms with Gasteiger partial charge in [-0.2, -0.15) is 5.26 Å². The van der Waals surface area contributed by atoms with Gasteiger partial charge in [-0.05, 0) is 35.9 Å². The van der Waals surface area contributed by atoms with Crippen LogP contribution in [0.2, 0.25) is 0 Å². The topological polar surface area (TPSA) is 55.1 Å². The molecule has 0 atom stereocenters. The number of benzene rings is 2. The molecule has 0 aliphatic heterocycles. The van der Waals surface area contributed by atoms with Gasteiger partial charge in [0.25, 0.3) is 0 Å². The first-order valence-electron chi connectivity index (χ1n) is 7.70. The monoisotopic (exact) mass is 426 g/mol. The van der Waals surface area contributed by atoms with Gasteiger partial charge in [0.1, 0.15) is 11.1 Å². The van der Waals surface area contributed by atoms with E-state index in [-0.39, 0.29) is 0 Å². The summed E-state index contributed by atoms with van der Waals surface area (Å²) in [7, 11) is 3.18. The lowest BCUT2D eigenvalue weighted by atomic mass is 10.1. The number of nitriles is 1. The maximum Gasteiger partial charge on any atom is 0.161 e. The number of nitrogens with zero attached hydrogens (tertiary/aromatic N) is 2. The molecule has 3 aromatic rings. The van der Waals surface area contributed by atoms with Gasteiger partial charge in [0.15, 0.2) is 11.5 Å². The van der Waals surface area contributed by atoms with E-state index in [9.17, 15) is 5.26 Å². The summed E-state index contributed by atoms with van der Waals surface area (Å²) in [6.07, 6.45) is 1.80. The zero-order valence-electron chi connectivity index (χ0n) is 14.2. The standard InChI is InChI=1S/C20H15BrN2O2S/c1-24-18-8-3-13(10-19(18)25-2)9-15(11-22)20-23-17(12-26-20)14-4-6-16(21)7-5-14/h3-10,12H,1-2H3/b15-9-. The van der Waals surface area contributed by atoms with Crippen molar-refractivity contribution in [2.45, 2.75) is 0 Å². The van der Waals surface area contributed by atoms with E-state index in [0.717, 1.165) is 21.3 Å². The number of hydrogen-bond donors (Lipinski definition) is 0. The van der Waals surface area contributed by atoms with Gasteiger partial charge < -0.3 is 9.47 Å². The van der Waals surface area contributed by atoms with Gasteiger partial charge in [-0.1, -0.05) is 34.1 Å². The molecule has 0 radical (unpaired) electrons. The molecule has 0 saturated heterocycles. The Balaban J connectivity index is 1.93. The third-order valence-corrected chi connectivity index (χ3v) is 5.12. The average molecular weight is 427 g/mol. The van der Waals surface area contributed by atoms with Crippen molar-refractivity contribution in [2.24, 2.45) is 0 Å². The summed E-state index contributed by atoms with van der Waals surface area (Å²) in [5.41, 5.74) is 3.22. The summed E-state index contributed by atoms with van der Waals surface area (Å²) in [6.45, 7) is 0. The minimum Gasteiger partial charge on any atom is -0.493 e. The molecule has 3 rings (SSSR count). The molecule has 0 saturated carbocycles. The summed E-state index contributed by atoms with van der Waals surface area (Å²) < 4.78 is 11.6. The Bertz CT molecular complexity index is 988. The van der Waals surface area contributed by atoms with Crippen molar-refractivity contribution >= 4 is 38.9 Å². The van der Waals surface area contributed by atoms with Gasteiger partial charge in [0, 0.05) is 15.4 Å². The Morgan fingerprint density at radius 3 is 2.50 bits per heavy atom. The third kappa shape index (κ3) is 3.96. The molecule has 0 fully saturated rings. The highest BCUT2D eigenvalue weighted by Crippen LogP contribution is 2.31. The van der Waals surface area contributed by atoms with Crippen molar-refractivity contribution in [2.75, 3.05) is 14.2 Å². The zero-order chi connectivity index (χ0) is 18.5. The minimum absolute atomic E-state index is 0.505. The van der Waals surface area contributed by atoms with Crippen molar-refractivity contribution in [3.05, 3.63) is 62.9 Å². The van der Waals surface area contributed by atoms with E-state index >= 15 is 0 Å². The van der Waals surface area contributed by atoms with Gasteiger partial charge in [0.2, 0.25) is 0 Å². The van der Waals surface area contributed by atoms with E-state index in [2.05, 4.69) is 27.0 Å². The van der Waals surface area contributed by atoms with Crippen LogP contribution in [0.4, 0.5) is 0 Å². The fourth-order valence-corrected chi connectivity index (χ4v) is 3.46. The summed E-state index contributed by atoms with van der Waals surface area (Å²) in [5, 5.41) is 12.2. The Labute approximate surface area is 164 Å². The van der Waals surface area contributed by atoms with E-state index in [0.29, 0.717) is 22.1 Å². The number of rotatable bonds is 5. The van der Waals surface area contributed by atoms with Crippen LogP contribution in [-0.2, 0) is 0 Å². The zero-order valence-corrected chi connectivity index (χ0v) is 16.6. The van der Waals surface area contributed by atoms with Crippen LogP contribution < -0.4 is 9.47 Å². The van der Waals surface area contributed by atoms with E-state index in [1.54, 1.807) is 20.3 Å². The molecule has 4 nitrogen and oxygen atoms in total. The molecular weight excluding hydrogens is 412 g/mol. The summed E-state index contributed by atoms with van der Waals surface area (Å²) in [6, 6.07) is 15.7. The summed E-state index contributed by atoms with van der Waals surface area (Å²) in [4.78, 5) is 4.61. The average Bonchev–Trinajstić information content (AvgIpc) is 3.16. The second kappa shape index (κ2) is 8.17. The number of allylic oxidation sites excluding steroid dienone is 1. The number of halogens is 1. The van der Waals surface area contributed by atoms with Crippen molar-refractivity contribution < 1.29 is 9.47 Å². The second-order valence-corrected chi connectivity index (χ2v) is 7.10. The lowest BCUT2D eigenvalue weighted by molar-refractivity contribution is 0.355. The quantitative estimate of drug-likeness (QED) is 0.494. The molecule has 0 amide bonds. The molecular formula is C20H15BrN2O2S. The summed E-state index contributed by atoms with van der Waals surface area (Å²) >= 11 is 4.88. The largest absolute Gasteiger partial charge is 0.493 e. The van der Waals surface area contributed by atoms with Crippen LogP contribution in [0.3, 0.4) is 0 Å². The fourth-order valence-electron chi connectivity index (χ4n) is 2.40. The van der Waals surface area contributed by atoms with E-state index < -0.39 is 0 Å². The van der Waals surface area contributed by atoms with Crippen LogP contribution in [0.15, 0.2) is 52.3 Å². The Morgan fingerprint density at radius 2 is 1.85 bits per heavy atom. The number of thiazole rings is 1. The van der Waals surface area contributed by atoms with Crippen LogP contribution in [-0.4, -0.2) is 19.2 Å². The molecule has 26 heavy (non-hydrogen) atoms. The third-order valence-electron chi connectivity index (χ3n) is 3.71. The number of ether oxygens (including phenoxy) is 2. The van der Waals surface area contributed by atoms with Crippen LogP contribution in [0.1, 0.15) is 10.6 Å². The molecule has 0 bridgehead atoms. The lowest BCUT2D eigenvalue weighted by Crippen LogP contribution is -1.91. The smallest absolute Gasteiger partial charge is 0.161 e. The van der Waals surface area contributed by atoms with Gasteiger partial charge in [-0.25, -0.2) is 4.98 Å². The highest BCUT2D eigenvalue weighted by atomic mass is 79.9. The van der Waals surface area contributed by atoms with Crippen LogP contribution in [0.25, 0.3) is 22.9 Å². The van der Waals surface area contributed by atoms with Crippen molar-refractivity contribution in [3.8, 4) is 28.8 Å². The first-order chi connectivity index (χ1) is 12.6. The number of aromatic nitrogens is 1. The highest BCUT2D eigenvalue weighted by Gasteiger charge is 2.10. The van der Waals surface area contributed by atoms with Crippen molar-refractivity contribution in [3.63, 3.8) is 0 Å². The fraction of sp³-hybridized carbons (Fsp3) is 0.100. The molecule has 0 spiro atoms. The molecule has 1 heterocycles. The molecule has 0 unspecified atom stereocenters. The molecule has 2 aromatic carbocycles. The molecule has 0 aliphatic rings. The van der Waals surface area contributed by atoms with Crippen molar-refractivity contribution in [1.29, 1.82) is 5.26 Å². The molecule has 1 aromatic heterocycles. The Hall–Kier alpha value is -2.62. The predicted octanol–water partition coefficient (Wildman–Crippen LogP) is 5.65. The summed E-state index contributed by atoms with van der Waals surface area (Å²) in [5.74, 6) is 1.27. The molecule has 0 N–H and O–H groups in total. The van der Waals surface area contributed by atoms with E-state index in [1.807, 2.05) is 47.8 Å². The SMILES string of the molecule is COc1ccc(/C=C(/C#N)c2nc(-c3ccc(Br)cc3)cs2)cc1OC. The van der Waals surface area contributed by atoms with Crippen LogP contribution >= 0.6 is 27.3 Å². The van der Waals surface area contributed by atoms with Gasteiger partial charge in [0.05, 0.1) is 25.5 Å². The van der Waals surface area contributed by atoms with Gasteiger partial charge >= 0.3 is 0 Å². The Morgan fingerprint density at radius 1 is 1.12 bits per heavy atom. The lowest BCUT2D eigenvalue weighted by Gasteiger charge is -2.07. The predicted molar refractivity (Wildman–Crippen MR) is 108 cm³/mol. The maximum atomic E-state index is 9.57. The molecule has 6 heteroatoms. The molecule has 0 aliphatic carbocycles. The Kier molecular flexibility index (Phi) is 5.71. The van der Waals surface area contributed by atoms with E-state index in [4.69, 9.17) is 9.47 Å². The number of methoxy groups -OCH3 is 2.